The monoisotopic (exact) mass is 252 g/mol. The van der Waals surface area contributed by atoms with Crippen molar-refractivity contribution in [1.82, 2.24) is 0 Å². The maximum Gasteiger partial charge on any atom is 0.316 e. The van der Waals surface area contributed by atoms with Crippen LogP contribution in [-0.2, 0) is 14.9 Å². The molecule has 1 rings (SSSR count). The van der Waals surface area contributed by atoms with E-state index in [0.29, 0.717) is 18.1 Å². The predicted molar refractivity (Wildman–Crippen MR) is 69.2 cm³/mol. The SMILES string of the molecule is CCOC(=O)C(C)(C)c1ccc(OC)cc1OC. The molecule has 0 aliphatic carbocycles. The lowest BCUT2D eigenvalue weighted by atomic mass is 9.84. The minimum absolute atomic E-state index is 0.270. The van der Waals surface area contributed by atoms with Crippen molar-refractivity contribution in [3.05, 3.63) is 23.8 Å². The highest BCUT2D eigenvalue weighted by Gasteiger charge is 2.34. The molecular weight excluding hydrogens is 232 g/mol. The van der Waals surface area contributed by atoms with E-state index < -0.39 is 5.41 Å². The van der Waals surface area contributed by atoms with E-state index in [4.69, 9.17) is 14.2 Å². The van der Waals surface area contributed by atoms with Crippen molar-refractivity contribution < 1.29 is 19.0 Å². The van der Waals surface area contributed by atoms with Crippen molar-refractivity contribution in [2.24, 2.45) is 0 Å². The third-order valence-corrected chi connectivity index (χ3v) is 2.87. The van der Waals surface area contributed by atoms with Crippen LogP contribution in [0.1, 0.15) is 26.3 Å². The summed E-state index contributed by atoms with van der Waals surface area (Å²) in [6.45, 7) is 5.78. The lowest BCUT2D eigenvalue weighted by molar-refractivity contribution is -0.148. The molecule has 0 N–H and O–H groups in total. The van der Waals surface area contributed by atoms with E-state index in [1.165, 1.54) is 0 Å². The maximum absolute atomic E-state index is 12.0. The minimum atomic E-state index is -0.756. The Morgan fingerprint density at radius 3 is 2.39 bits per heavy atom. The molecule has 0 amide bonds. The second-order valence-corrected chi connectivity index (χ2v) is 4.41. The summed E-state index contributed by atoms with van der Waals surface area (Å²) < 4.78 is 15.5. The van der Waals surface area contributed by atoms with Gasteiger partial charge in [0, 0.05) is 11.6 Å². The molecule has 18 heavy (non-hydrogen) atoms. The summed E-state index contributed by atoms with van der Waals surface area (Å²) >= 11 is 0. The molecule has 0 aliphatic rings. The number of rotatable bonds is 5. The molecule has 100 valence electrons. The van der Waals surface area contributed by atoms with Gasteiger partial charge in [0.05, 0.1) is 26.2 Å². The summed E-state index contributed by atoms with van der Waals surface area (Å²) in [7, 11) is 3.16. The zero-order chi connectivity index (χ0) is 13.8. The lowest BCUT2D eigenvalue weighted by Gasteiger charge is -2.25. The molecule has 0 bridgehead atoms. The zero-order valence-electron chi connectivity index (χ0n) is 11.6. The van der Waals surface area contributed by atoms with Crippen molar-refractivity contribution in [1.29, 1.82) is 0 Å². The number of hydrogen-bond donors (Lipinski definition) is 0. The topological polar surface area (TPSA) is 44.8 Å². The summed E-state index contributed by atoms with van der Waals surface area (Å²) in [6.07, 6.45) is 0. The average Bonchev–Trinajstić information content (AvgIpc) is 2.38. The third kappa shape index (κ3) is 2.75. The zero-order valence-corrected chi connectivity index (χ0v) is 11.6. The smallest absolute Gasteiger partial charge is 0.316 e. The predicted octanol–water partition coefficient (Wildman–Crippen LogP) is 2.54. The Morgan fingerprint density at radius 1 is 1.22 bits per heavy atom. The summed E-state index contributed by atoms with van der Waals surface area (Å²) in [4.78, 5) is 12.0. The van der Waals surface area contributed by atoms with Crippen LogP contribution in [0.4, 0.5) is 0 Å². The van der Waals surface area contributed by atoms with Gasteiger partial charge in [-0.25, -0.2) is 0 Å². The molecule has 0 saturated carbocycles. The maximum atomic E-state index is 12.0. The first kappa shape index (κ1) is 14.4. The number of esters is 1. The van der Waals surface area contributed by atoms with Gasteiger partial charge in [-0.15, -0.1) is 0 Å². The fraction of sp³-hybridized carbons (Fsp3) is 0.500. The molecule has 0 saturated heterocycles. The number of benzene rings is 1. The fourth-order valence-electron chi connectivity index (χ4n) is 1.74. The first-order valence-electron chi connectivity index (χ1n) is 5.87. The second-order valence-electron chi connectivity index (χ2n) is 4.41. The van der Waals surface area contributed by atoms with E-state index in [-0.39, 0.29) is 5.97 Å². The number of hydrogen-bond acceptors (Lipinski definition) is 4. The second kappa shape index (κ2) is 5.76. The summed E-state index contributed by atoms with van der Waals surface area (Å²) in [6, 6.07) is 5.39. The van der Waals surface area contributed by atoms with Gasteiger partial charge in [0.15, 0.2) is 0 Å². The van der Waals surface area contributed by atoms with Crippen molar-refractivity contribution in [3.63, 3.8) is 0 Å². The van der Waals surface area contributed by atoms with E-state index in [9.17, 15) is 4.79 Å². The number of carbonyl (C=O) groups is 1. The molecule has 0 aliphatic heterocycles. The van der Waals surface area contributed by atoms with Crippen LogP contribution in [0.5, 0.6) is 11.5 Å². The highest BCUT2D eigenvalue weighted by Crippen LogP contribution is 2.35. The largest absolute Gasteiger partial charge is 0.497 e. The van der Waals surface area contributed by atoms with E-state index in [0.717, 1.165) is 5.56 Å². The minimum Gasteiger partial charge on any atom is -0.497 e. The number of methoxy groups -OCH3 is 2. The van der Waals surface area contributed by atoms with E-state index in [1.807, 2.05) is 19.9 Å². The molecule has 1 aromatic rings. The van der Waals surface area contributed by atoms with Crippen LogP contribution in [0.25, 0.3) is 0 Å². The van der Waals surface area contributed by atoms with Crippen molar-refractivity contribution in [2.75, 3.05) is 20.8 Å². The van der Waals surface area contributed by atoms with Crippen molar-refractivity contribution in [2.45, 2.75) is 26.2 Å². The van der Waals surface area contributed by atoms with Crippen LogP contribution in [0.3, 0.4) is 0 Å². The Labute approximate surface area is 108 Å². The van der Waals surface area contributed by atoms with Crippen LogP contribution >= 0.6 is 0 Å². The summed E-state index contributed by atoms with van der Waals surface area (Å²) in [5, 5.41) is 0. The van der Waals surface area contributed by atoms with Gasteiger partial charge in [-0.1, -0.05) is 6.07 Å². The molecule has 0 radical (unpaired) electrons. The van der Waals surface area contributed by atoms with Crippen LogP contribution in [0.2, 0.25) is 0 Å². The first-order chi connectivity index (χ1) is 8.47. The van der Waals surface area contributed by atoms with E-state index in [2.05, 4.69) is 0 Å². The van der Waals surface area contributed by atoms with E-state index in [1.54, 1.807) is 33.3 Å². The molecule has 1 aromatic carbocycles. The molecule has 0 spiro atoms. The Kier molecular flexibility index (Phi) is 4.59. The molecule has 0 unspecified atom stereocenters. The Hall–Kier alpha value is -1.71. The standard InChI is InChI=1S/C14H20O4/c1-6-18-13(15)14(2,3)11-8-7-10(16-4)9-12(11)17-5/h7-9H,6H2,1-5H3. The van der Waals surface area contributed by atoms with Gasteiger partial charge in [-0.3, -0.25) is 4.79 Å². The van der Waals surface area contributed by atoms with E-state index >= 15 is 0 Å². The van der Waals surface area contributed by atoms with Gasteiger partial charge in [0.1, 0.15) is 11.5 Å². The quantitative estimate of drug-likeness (QED) is 0.755. The normalized spacial score (nSPS) is 10.9. The molecule has 0 fully saturated rings. The Bertz CT molecular complexity index is 424. The average molecular weight is 252 g/mol. The van der Waals surface area contributed by atoms with Gasteiger partial charge in [0.25, 0.3) is 0 Å². The van der Waals surface area contributed by atoms with Gasteiger partial charge < -0.3 is 14.2 Å². The van der Waals surface area contributed by atoms with Crippen LogP contribution in [0, 0.1) is 0 Å². The van der Waals surface area contributed by atoms with Gasteiger partial charge >= 0.3 is 5.97 Å². The van der Waals surface area contributed by atoms with Crippen LogP contribution in [-0.4, -0.2) is 26.8 Å². The third-order valence-electron chi connectivity index (χ3n) is 2.87. The molecule has 4 heteroatoms. The van der Waals surface area contributed by atoms with Gasteiger partial charge in [0.2, 0.25) is 0 Å². The van der Waals surface area contributed by atoms with Gasteiger partial charge in [-0.05, 0) is 26.8 Å². The fourth-order valence-corrected chi connectivity index (χ4v) is 1.74. The molecule has 0 atom stereocenters. The van der Waals surface area contributed by atoms with Crippen LogP contribution < -0.4 is 9.47 Å². The van der Waals surface area contributed by atoms with Gasteiger partial charge in [-0.2, -0.15) is 0 Å². The van der Waals surface area contributed by atoms with Crippen molar-refractivity contribution in [3.8, 4) is 11.5 Å². The summed E-state index contributed by atoms with van der Waals surface area (Å²) in [5.41, 5.74) is 0.0254. The highest BCUT2D eigenvalue weighted by molar-refractivity contribution is 5.83. The lowest BCUT2D eigenvalue weighted by Crippen LogP contribution is -2.31. The highest BCUT2D eigenvalue weighted by atomic mass is 16.5. The first-order valence-corrected chi connectivity index (χ1v) is 5.87. The molecule has 0 aromatic heterocycles. The molecular formula is C14H20O4. The molecule has 4 nitrogen and oxygen atoms in total. The Balaban J connectivity index is 3.18. The van der Waals surface area contributed by atoms with Crippen molar-refractivity contribution >= 4 is 5.97 Å². The van der Waals surface area contributed by atoms with Crippen LogP contribution in [0.15, 0.2) is 18.2 Å². The molecule has 0 heterocycles. The number of carbonyl (C=O) groups excluding carboxylic acids is 1. The summed E-state index contributed by atoms with van der Waals surface area (Å²) in [5.74, 6) is 1.04. The Morgan fingerprint density at radius 2 is 1.89 bits per heavy atom. The number of ether oxygens (including phenoxy) is 3.